The summed E-state index contributed by atoms with van der Waals surface area (Å²) in [5.74, 6) is -1.52. The molecule has 1 aliphatic carbocycles. The number of aliphatic hydroxyl groups is 1. The second kappa shape index (κ2) is 12.0. The van der Waals surface area contributed by atoms with Crippen LogP contribution in [0.2, 0.25) is 10.0 Å². The molecule has 8 nitrogen and oxygen atoms in total. The maximum absolute atomic E-state index is 13.3. The highest BCUT2D eigenvalue weighted by Gasteiger charge is 2.31. The fraction of sp³-hybridized carbons (Fsp3) is 0.385. The van der Waals surface area contributed by atoms with Gasteiger partial charge in [-0.3, -0.25) is 9.36 Å². The highest BCUT2D eigenvalue weighted by Crippen LogP contribution is 2.34. The van der Waals surface area contributed by atoms with Crippen molar-refractivity contribution >= 4 is 39.2 Å². The molecule has 1 saturated carbocycles. The van der Waals surface area contributed by atoms with E-state index < -0.39 is 40.5 Å². The summed E-state index contributed by atoms with van der Waals surface area (Å²) in [4.78, 5) is 17.8. The zero-order valence-electron chi connectivity index (χ0n) is 21.2. The Morgan fingerprint density at radius 1 is 1.18 bits per heavy atom. The van der Waals surface area contributed by atoms with Gasteiger partial charge in [0.15, 0.2) is 0 Å². The smallest absolute Gasteiger partial charge is 0.390 e. The molecule has 3 aromatic rings. The minimum absolute atomic E-state index is 0.121. The van der Waals surface area contributed by atoms with Crippen molar-refractivity contribution in [3.8, 4) is 22.8 Å². The lowest BCUT2D eigenvalue weighted by molar-refractivity contribution is -0.130. The van der Waals surface area contributed by atoms with Crippen LogP contribution in [-0.2, 0) is 10.1 Å². The summed E-state index contributed by atoms with van der Waals surface area (Å²) < 4.78 is 67.8. The molecule has 4 rings (SSSR count). The Hall–Kier alpha value is -2.80. The van der Waals surface area contributed by atoms with Gasteiger partial charge in [-0.1, -0.05) is 23.2 Å². The maximum atomic E-state index is 13.3. The van der Waals surface area contributed by atoms with Crippen LogP contribution in [0, 0.1) is 6.92 Å². The number of carbonyl (C=O) groups excluding carboxylic acids is 1. The Kier molecular flexibility index (Phi) is 9.03. The summed E-state index contributed by atoms with van der Waals surface area (Å²) in [5.41, 5.74) is 1.49. The van der Waals surface area contributed by atoms with Gasteiger partial charge in [-0.05, 0) is 75.1 Å². The van der Waals surface area contributed by atoms with Crippen LogP contribution in [0.3, 0.4) is 0 Å². The molecule has 1 aromatic heterocycles. The third-order valence-corrected chi connectivity index (χ3v) is 8.13. The summed E-state index contributed by atoms with van der Waals surface area (Å²) in [7, 11) is -4.48. The van der Waals surface area contributed by atoms with E-state index in [-0.39, 0.29) is 22.5 Å². The molecule has 0 bridgehead atoms. The summed E-state index contributed by atoms with van der Waals surface area (Å²) in [5, 5.41) is 13.6. The van der Waals surface area contributed by atoms with Crippen LogP contribution in [0.4, 0.5) is 13.2 Å². The SMILES string of the molecule is Cc1c(C(=O)N[C@@H]2CCC[C@H](O)C2)nc(-c2ccc(Cl)cc2Cl)n1-c1ccc(OS(=O)(=O)CCC(F)(F)F)cc1. The van der Waals surface area contributed by atoms with Gasteiger partial charge in [0.1, 0.15) is 17.3 Å². The maximum Gasteiger partial charge on any atom is 0.390 e. The van der Waals surface area contributed by atoms with E-state index >= 15 is 0 Å². The van der Waals surface area contributed by atoms with Crippen molar-refractivity contribution in [3.63, 3.8) is 0 Å². The predicted octanol–water partition coefficient (Wildman–Crippen LogP) is 5.85. The Morgan fingerprint density at radius 3 is 2.50 bits per heavy atom. The van der Waals surface area contributed by atoms with Crippen molar-refractivity contribution in [3.05, 3.63) is 63.9 Å². The molecule has 2 N–H and O–H groups in total. The molecule has 0 radical (unpaired) electrons. The molecule has 216 valence electrons. The second-order valence-corrected chi connectivity index (χ2v) is 12.1. The molecule has 0 unspecified atom stereocenters. The van der Waals surface area contributed by atoms with Crippen LogP contribution in [-0.4, -0.2) is 53.1 Å². The Labute approximate surface area is 239 Å². The molecule has 0 aliphatic heterocycles. The topological polar surface area (TPSA) is 111 Å². The van der Waals surface area contributed by atoms with Gasteiger partial charge in [0.05, 0.1) is 29.0 Å². The molecule has 1 heterocycles. The van der Waals surface area contributed by atoms with Crippen LogP contribution in [0.5, 0.6) is 5.75 Å². The van der Waals surface area contributed by atoms with Crippen LogP contribution in [0.15, 0.2) is 42.5 Å². The first-order valence-corrected chi connectivity index (χ1v) is 14.7. The number of amides is 1. The fourth-order valence-electron chi connectivity index (χ4n) is 4.51. The number of aromatic nitrogens is 2. The summed E-state index contributed by atoms with van der Waals surface area (Å²) >= 11 is 12.5. The third-order valence-electron chi connectivity index (χ3n) is 6.43. The molecule has 1 aliphatic rings. The molecule has 2 aromatic carbocycles. The lowest BCUT2D eigenvalue weighted by Gasteiger charge is -2.26. The quantitative estimate of drug-likeness (QED) is 0.306. The van der Waals surface area contributed by atoms with Crippen LogP contribution < -0.4 is 9.50 Å². The number of hydrogen-bond donors (Lipinski definition) is 2. The Bertz CT molecular complexity index is 1490. The molecule has 1 fully saturated rings. The van der Waals surface area contributed by atoms with Gasteiger partial charge in [-0.2, -0.15) is 21.6 Å². The normalized spacial score (nSPS) is 18.0. The van der Waals surface area contributed by atoms with Gasteiger partial charge in [0.2, 0.25) is 0 Å². The monoisotopic (exact) mass is 619 g/mol. The van der Waals surface area contributed by atoms with Crippen molar-refractivity contribution in [1.82, 2.24) is 14.9 Å². The summed E-state index contributed by atoms with van der Waals surface area (Å²) in [6, 6.07) is 10.1. The molecule has 14 heteroatoms. The van der Waals surface area contributed by atoms with E-state index in [2.05, 4.69) is 10.3 Å². The first-order valence-electron chi connectivity index (χ1n) is 12.4. The molecule has 0 saturated heterocycles. The van der Waals surface area contributed by atoms with E-state index in [9.17, 15) is 31.5 Å². The molecular weight excluding hydrogens is 594 g/mol. The number of nitrogens with one attached hydrogen (secondary N) is 1. The zero-order chi connectivity index (χ0) is 29.2. The van der Waals surface area contributed by atoms with Crippen molar-refractivity contribution in [2.75, 3.05) is 5.75 Å². The van der Waals surface area contributed by atoms with Crippen molar-refractivity contribution < 1.29 is 35.7 Å². The van der Waals surface area contributed by atoms with E-state index in [1.165, 1.54) is 30.3 Å². The van der Waals surface area contributed by atoms with E-state index in [4.69, 9.17) is 27.4 Å². The lowest BCUT2D eigenvalue weighted by Crippen LogP contribution is -2.40. The Balaban J connectivity index is 1.68. The predicted molar refractivity (Wildman–Crippen MR) is 145 cm³/mol. The first-order chi connectivity index (χ1) is 18.7. The average molecular weight is 620 g/mol. The standard InChI is InChI=1S/C26H26Cl2F3N3O5S/c1-15-23(25(36)32-17-3-2-4-19(35)14-17)33-24(21-10-5-16(27)13-22(21)28)34(15)18-6-8-20(9-7-18)39-40(37,38)12-11-26(29,30)31/h5-10,13,17,19,35H,2-4,11-12,14H2,1H3,(H,32,36)/t17-,19+/m1/s1. The highest BCUT2D eigenvalue weighted by atomic mass is 35.5. The summed E-state index contributed by atoms with van der Waals surface area (Å²) in [6.07, 6.45) is -4.02. The Morgan fingerprint density at radius 2 is 1.88 bits per heavy atom. The van der Waals surface area contributed by atoms with E-state index in [0.717, 1.165) is 12.8 Å². The number of halogens is 5. The van der Waals surface area contributed by atoms with Crippen LogP contribution >= 0.6 is 23.2 Å². The lowest BCUT2D eigenvalue weighted by atomic mass is 9.93. The summed E-state index contributed by atoms with van der Waals surface area (Å²) in [6.45, 7) is 1.68. The number of carbonyl (C=O) groups is 1. The second-order valence-electron chi connectivity index (χ2n) is 9.52. The van der Waals surface area contributed by atoms with E-state index in [1.54, 1.807) is 23.6 Å². The largest absolute Gasteiger partial charge is 0.393 e. The van der Waals surface area contributed by atoms with E-state index in [1.807, 2.05) is 0 Å². The third kappa shape index (κ3) is 7.48. The van der Waals surface area contributed by atoms with Gasteiger partial charge in [0.25, 0.3) is 5.91 Å². The van der Waals surface area contributed by atoms with Gasteiger partial charge >= 0.3 is 16.3 Å². The number of benzene rings is 2. The van der Waals surface area contributed by atoms with Gasteiger partial charge in [0, 0.05) is 22.3 Å². The van der Waals surface area contributed by atoms with E-state index in [0.29, 0.717) is 40.6 Å². The van der Waals surface area contributed by atoms with Gasteiger partial charge < -0.3 is 14.6 Å². The minimum Gasteiger partial charge on any atom is -0.393 e. The molecule has 1 amide bonds. The van der Waals surface area contributed by atoms with Crippen LogP contribution in [0.1, 0.15) is 48.3 Å². The molecule has 40 heavy (non-hydrogen) atoms. The van der Waals surface area contributed by atoms with Crippen molar-refractivity contribution in [2.24, 2.45) is 0 Å². The van der Waals surface area contributed by atoms with Crippen molar-refractivity contribution in [2.45, 2.75) is 57.3 Å². The fourth-order valence-corrected chi connectivity index (χ4v) is 5.97. The average Bonchev–Trinajstić information content (AvgIpc) is 3.19. The van der Waals surface area contributed by atoms with Gasteiger partial charge in [-0.15, -0.1) is 0 Å². The molecule has 2 atom stereocenters. The number of alkyl halides is 3. The zero-order valence-corrected chi connectivity index (χ0v) is 23.5. The molecule has 0 spiro atoms. The number of nitrogens with zero attached hydrogens (tertiary/aromatic N) is 2. The number of rotatable bonds is 8. The minimum atomic E-state index is -4.64. The first kappa shape index (κ1) is 30.2. The number of imidazole rings is 1. The number of aliphatic hydroxyl groups excluding tert-OH is 1. The number of hydrogen-bond acceptors (Lipinski definition) is 6. The van der Waals surface area contributed by atoms with Gasteiger partial charge in [-0.25, -0.2) is 4.98 Å². The molecular formula is C26H26Cl2F3N3O5S. The van der Waals surface area contributed by atoms with Crippen molar-refractivity contribution in [1.29, 1.82) is 0 Å². The van der Waals surface area contributed by atoms with Crippen LogP contribution in [0.25, 0.3) is 17.1 Å². The highest BCUT2D eigenvalue weighted by molar-refractivity contribution is 7.87.